The van der Waals surface area contributed by atoms with Gasteiger partial charge in [-0.15, -0.1) is 0 Å². The number of aliphatic carboxylic acids is 1. The molecule has 6 nitrogen and oxygen atoms in total. The van der Waals surface area contributed by atoms with E-state index in [-0.39, 0.29) is 18.5 Å². The topological polar surface area (TPSA) is 93.4 Å². The van der Waals surface area contributed by atoms with Gasteiger partial charge in [-0.3, -0.25) is 9.59 Å². The lowest BCUT2D eigenvalue weighted by molar-refractivity contribution is -0.137. The van der Waals surface area contributed by atoms with Crippen LogP contribution in [0.3, 0.4) is 0 Å². The molecule has 2 N–H and O–H groups in total. The molecule has 0 aliphatic carbocycles. The number of nitriles is 1. The lowest BCUT2D eigenvalue weighted by Crippen LogP contribution is -2.27. The van der Waals surface area contributed by atoms with E-state index in [2.05, 4.69) is 5.32 Å². The van der Waals surface area contributed by atoms with Crippen LogP contribution in [0.4, 0.5) is 0 Å². The minimum Gasteiger partial charge on any atom is -0.481 e. The Kier molecular flexibility index (Phi) is 7.20. The molecule has 0 bridgehead atoms. The molecule has 0 spiro atoms. The Hall–Kier alpha value is -2.81. The zero-order chi connectivity index (χ0) is 16.4. The van der Waals surface area contributed by atoms with Crippen molar-refractivity contribution in [3.8, 4) is 6.07 Å². The van der Waals surface area contributed by atoms with Crippen molar-refractivity contribution in [3.63, 3.8) is 0 Å². The number of benzene rings is 1. The van der Waals surface area contributed by atoms with Crippen molar-refractivity contribution in [1.82, 2.24) is 10.2 Å². The fraction of sp³-hybridized carbons (Fsp3) is 0.312. The van der Waals surface area contributed by atoms with E-state index in [1.807, 2.05) is 36.4 Å². The maximum absolute atomic E-state index is 11.8. The molecule has 0 radical (unpaired) electrons. The van der Waals surface area contributed by atoms with E-state index < -0.39 is 11.9 Å². The summed E-state index contributed by atoms with van der Waals surface area (Å²) in [5.74, 6) is -1.40. The zero-order valence-electron chi connectivity index (χ0n) is 12.5. The highest BCUT2D eigenvalue weighted by atomic mass is 16.4. The average Bonchev–Trinajstić information content (AvgIpc) is 2.49. The van der Waals surface area contributed by atoms with Crippen LogP contribution < -0.4 is 5.32 Å². The summed E-state index contributed by atoms with van der Waals surface area (Å²) in [6.45, 7) is 0.810. The number of carboxylic acids is 1. The molecule has 0 unspecified atom stereocenters. The number of hydrogen-bond donors (Lipinski definition) is 2. The molecule has 0 aliphatic rings. The molecule has 0 fully saturated rings. The number of nitrogens with one attached hydrogen (secondary N) is 1. The van der Waals surface area contributed by atoms with Crippen molar-refractivity contribution in [2.24, 2.45) is 0 Å². The highest BCUT2D eigenvalue weighted by molar-refractivity contribution is 5.97. The predicted molar refractivity (Wildman–Crippen MR) is 81.5 cm³/mol. The molecule has 0 aliphatic heterocycles. The van der Waals surface area contributed by atoms with Gasteiger partial charge in [0.1, 0.15) is 11.6 Å². The number of rotatable bonds is 8. The van der Waals surface area contributed by atoms with Crippen LogP contribution in [0, 0.1) is 11.3 Å². The fourth-order valence-electron chi connectivity index (χ4n) is 1.81. The molecule has 0 atom stereocenters. The quantitative estimate of drug-likeness (QED) is 0.431. The standard InChI is InChI=1S/C16H19N3O3/c1-19(11-13-6-3-2-4-7-13)12-14(10-17)16(22)18-9-5-8-15(20)21/h2-4,6-7,12H,5,8-9,11H2,1H3,(H,18,22)(H,20,21)/b14-12-. The van der Waals surface area contributed by atoms with E-state index >= 15 is 0 Å². The van der Waals surface area contributed by atoms with Gasteiger partial charge in [-0.05, 0) is 12.0 Å². The molecule has 1 aromatic carbocycles. The first kappa shape index (κ1) is 17.2. The third-order valence-corrected chi connectivity index (χ3v) is 2.84. The smallest absolute Gasteiger partial charge is 0.303 e. The predicted octanol–water partition coefficient (Wildman–Crippen LogP) is 1.51. The molecule has 1 amide bonds. The van der Waals surface area contributed by atoms with Gasteiger partial charge in [-0.2, -0.15) is 5.26 Å². The average molecular weight is 301 g/mol. The summed E-state index contributed by atoms with van der Waals surface area (Å²) in [6, 6.07) is 11.5. The monoisotopic (exact) mass is 301 g/mol. The molecule has 0 saturated heterocycles. The second kappa shape index (κ2) is 9.19. The van der Waals surface area contributed by atoms with Gasteiger partial charge in [0.25, 0.3) is 5.91 Å². The normalized spacial score (nSPS) is 10.6. The van der Waals surface area contributed by atoms with E-state index in [0.717, 1.165) is 5.56 Å². The largest absolute Gasteiger partial charge is 0.481 e. The maximum atomic E-state index is 11.8. The van der Waals surface area contributed by atoms with Crippen molar-refractivity contribution >= 4 is 11.9 Å². The summed E-state index contributed by atoms with van der Waals surface area (Å²) in [5.41, 5.74) is 1.06. The Morgan fingerprint density at radius 1 is 1.36 bits per heavy atom. The van der Waals surface area contributed by atoms with Crippen LogP contribution in [-0.4, -0.2) is 35.5 Å². The Morgan fingerprint density at radius 2 is 2.05 bits per heavy atom. The molecular formula is C16H19N3O3. The summed E-state index contributed by atoms with van der Waals surface area (Å²) in [5, 5.41) is 20.1. The van der Waals surface area contributed by atoms with Gasteiger partial charge in [0.15, 0.2) is 0 Å². The maximum Gasteiger partial charge on any atom is 0.303 e. The van der Waals surface area contributed by atoms with Gasteiger partial charge in [-0.25, -0.2) is 0 Å². The number of carbonyl (C=O) groups is 2. The number of nitrogens with zero attached hydrogens (tertiary/aromatic N) is 2. The molecule has 116 valence electrons. The fourth-order valence-corrected chi connectivity index (χ4v) is 1.81. The minimum absolute atomic E-state index is 0.00578. The molecule has 0 aromatic heterocycles. The van der Waals surface area contributed by atoms with Gasteiger partial charge in [-0.1, -0.05) is 30.3 Å². The minimum atomic E-state index is -0.909. The number of amides is 1. The van der Waals surface area contributed by atoms with Crippen LogP contribution in [0.5, 0.6) is 0 Å². The number of carboxylic acid groups (broad SMARTS) is 1. The van der Waals surface area contributed by atoms with E-state index in [4.69, 9.17) is 10.4 Å². The Morgan fingerprint density at radius 3 is 2.64 bits per heavy atom. The molecule has 0 saturated carbocycles. The Bertz CT molecular complexity index is 576. The van der Waals surface area contributed by atoms with Crippen LogP contribution in [-0.2, 0) is 16.1 Å². The second-order valence-corrected chi connectivity index (χ2v) is 4.81. The molecule has 0 heterocycles. The summed E-state index contributed by atoms with van der Waals surface area (Å²) in [4.78, 5) is 24.0. The third-order valence-electron chi connectivity index (χ3n) is 2.84. The summed E-state index contributed by atoms with van der Waals surface area (Å²) >= 11 is 0. The van der Waals surface area contributed by atoms with Crippen LogP contribution in [0.2, 0.25) is 0 Å². The molecule has 6 heteroatoms. The zero-order valence-corrected chi connectivity index (χ0v) is 12.5. The van der Waals surface area contributed by atoms with E-state index in [9.17, 15) is 9.59 Å². The van der Waals surface area contributed by atoms with Gasteiger partial charge in [0.05, 0.1) is 0 Å². The summed E-state index contributed by atoms with van der Waals surface area (Å²) in [6.07, 6.45) is 1.80. The first-order chi connectivity index (χ1) is 10.5. The van der Waals surface area contributed by atoms with E-state index in [1.165, 1.54) is 6.20 Å². The molecule has 1 rings (SSSR count). The molecule has 22 heavy (non-hydrogen) atoms. The van der Waals surface area contributed by atoms with Gasteiger partial charge >= 0.3 is 5.97 Å². The van der Waals surface area contributed by atoms with Crippen molar-refractivity contribution in [3.05, 3.63) is 47.7 Å². The number of hydrogen-bond acceptors (Lipinski definition) is 4. The third kappa shape index (κ3) is 6.57. The van der Waals surface area contributed by atoms with Crippen molar-refractivity contribution in [2.45, 2.75) is 19.4 Å². The van der Waals surface area contributed by atoms with Crippen molar-refractivity contribution in [1.29, 1.82) is 5.26 Å². The Balaban J connectivity index is 2.52. The van der Waals surface area contributed by atoms with Gasteiger partial charge in [0.2, 0.25) is 0 Å². The van der Waals surface area contributed by atoms with Crippen LogP contribution in [0.1, 0.15) is 18.4 Å². The second-order valence-electron chi connectivity index (χ2n) is 4.81. The molecule has 1 aromatic rings. The molecular weight excluding hydrogens is 282 g/mol. The lowest BCUT2D eigenvalue weighted by atomic mass is 10.2. The first-order valence-corrected chi connectivity index (χ1v) is 6.89. The van der Waals surface area contributed by atoms with Gasteiger partial charge < -0.3 is 15.3 Å². The SMILES string of the molecule is CN(/C=C(/C#N)C(=O)NCCCC(=O)O)Cc1ccccc1. The van der Waals surface area contributed by atoms with Crippen molar-refractivity contribution < 1.29 is 14.7 Å². The van der Waals surface area contributed by atoms with Crippen molar-refractivity contribution in [2.75, 3.05) is 13.6 Å². The number of carbonyl (C=O) groups excluding carboxylic acids is 1. The van der Waals surface area contributed by atoms with Gasteiger partial charge in [0, 0.05) is 32.8 Å². The summed E-state index contributed by atoms with van der Waals surface area (Å²) in [7, 11) is 1.78. The lowest BCUT2D eigenvalue weighted by Gasteiger charge is -2.14. The Labute approximate surface area is 129 Å². The van der Waals surface area contributed by atoms with Crippen LogP contribution >= 0.6 is 0 Å². The van der Waals surface area contributed by atoms with Crippen LogP contribution in [0.25, 0.3) is 0 Å². The first-order valence-electron chi connectivity index (χ1n) is 6.89. The summed E-state index contributed by atoms with van der Waals surface area (Å²) < 4.78 is 0. The van der Waals surface area contributed by atoms with Crippen LogP contribution in [0.15, 0.2) is 42.1 Å². The van der Waals surface area contributed by atoms with E-state index in [0.29, 0.717) is 13.0 Å². The highest BCUT2D eigenvalue weighted by Crippen LogP contribution is 2.05. The highest BCUT2D eigenvalue weighted by Gasteiger charge is 2.09. The van der Waals surface area contributed by atoms with E-state index in [1.54, 1.807) is 11.9 Å².